The van der Waals surface area contributed by atoms with E-state index in [4.69, 9.17) is 5.11 Å². The number of unbranched alkanes of at least 4 members (excludes halogenated alkanes) is 1. The average Bonchev–Trinajstić information content (AvgIpc) is 2.92. The highest BCUT2D eigenvalue weighted by Gasteiger charge is 2.18. The topological polar surface area (TPSA) is 107 Å². The van der Waals surface area contributed by atoms with Crippen molar-refractivity contribution in [3.63, 3.8) is 0 Å². The number of aryl methyl sites for hydroxylation is 1. The molecule has 0 saturated heterocycles. The summed E-state index contributed by atoms with van der Waals surface area (Å²) in [6, 6.07) is -1.26. The van der Waals surface area contributed by atoms with Crippen LogP contribution in [-0.4, -0.2) is 39.7 Å². The molecule has 2 amide bonds. The Bertz CT molecular complexity index is 406. The first-order valence-corrected chi connectivity index (χ1v) is 6.89. The van der Waals surface area contributed by atoms with Crippen LogP contribution in [0.1, 0.15) is 38.4 Å². The number of aromatic amines is 1. The zero-order valence-electron chi connectivity index (χ0n) is 11.7. The van der Waals surface area contributed by atoms with Crippen LogP contribution in [0.25, 0.3) is 0 Å². The van der Waals surface area contributed by atoms with Gasteiger partial charge in [0.05, 0.1) is 0 Å². The minimum absolute atomic E-state index is 0.437. The minimum Gasteiger partial charge on any atom is -0.480 e. The first-order valence-electron chi connectivity index (χ1n) is 6.89. The Hall–Kier alpha value is -2.05. The van der Waals surface area contributed by atoms with Gasteiger partial charge >= 0.3 is 12.0 Å². The van der Waals surface area contributed by atoms with Crippen LogP contribution in [0.3, 0.4) is 0 Å². The van der Waals surface area contributed by atoms with Gasteiger partial charge in [0.15, 0.2) is 0 Å². The molecule has 7 nitrogen and oxygen atoms in total. The highest BCUT2D eigenvalue weighted by atomic mass is 16.4. The number of nitrogens with zero attached hydrogens (tertiary/aromatic N) is 1. The van der Waals surface area contributed by atoms with Crippen LogP contribution < -0.4 is 10.6 Å². The van der Waals surface area contributed by atoms with Crippen molar-refractivity contribution in [1.82, 2.24) is 20.6 Å². The maximum Gasteiger partial charge on any atom is 0.326 e. The average molecular weight is 282 g/mol. The molecule has 1 rings (SSSR count). The standard InChI is InChI=1S/C13H22N4O3/c1-2-3-5-10(12(18)19)17-13(20)16-7-4-6-11-14-8-9-15-11/h8-10H,2-7H2,1H3,(H,14,15)(H,18,19)(H2,16,17,20)/t10-/m0/s1. The fourth-order valence-electron chi connectivity index (χ4n) is 1.77. The number of hydrogen-bond donors (Lipinski definition) is 4. The molecule has 4 N–H and O–H groups in total. The maximum atomic E-state index is 11.6. The predicted octanol–water partition coefficient (Wildman–Crippen LogP) is 1.28. The molecule has 20 heavy (non-hydrogen) atoms. The summed E-state index contributed by atoms with van der Waals surface area (Å²) < 4.78 is 0. The zero-order chi connectivity index (χ0) is 14.8. The van der Waals surface area contributed by atoms with Crippen molar-refractivity contribution in [2.24, 2.45) is 0 Å². The number of carboxylic acid groups (broad SMARTS) is 1. The Labute approximate surface area is 118 Å². The third kappa shape index (κ3) is 6.21. The SMILES string of the molecule is CCCC[C@H](NC(=O)NCCCc1ncc[nH]1)C(=O)O. The molecular weight excluding hydrogens is 260 g/mol. The first-order chi connectivity index (χ1) is 9.63. The lowest BCUT2D eigenvalue weighted by Crippen LogP contribution is -2.46. The van der Waals surface area contributed by atoms with Gasteiger partial charge in [-0.05, 0) is 12.8 Å². The van der Waals surface area contributed by atoms with Crippen LogP contribution in [0.15, 0.2) is 12.4 Å². The van der Waals surface area contributed by atoms with Gasteiger partial charge in [0, 0.05) is 25.4 Å². The van der Waals surface area contributed by atoms with Crippen LogP contribution in [0.4, 0.5) is 4.79 Å². The number of carbonyl (C=O) groups is 2. The molecule has 0 spiro atoms. The van der Waals surface area contributed by atoms with Crippen molar-refractivity contribution in [3.8, 4) is 0 Å². The summed E-state index contributed by atoms with van der Waals surface area (Å²) in [6.07, 6.45) is 7.04. The van der Waals surface area contributed by atoms with E-state index in [0.717, 1.165) is 31.5 Å². The maximum absolute atomic E-state index is 11.6. The Kier molecular flexibility index (Phi) is 7.16. The van der Waals surface area contributed by atoms with Gasteiger partial charge in [0.25, 0.3) is 0 Å². The Morgan fingerprint density at radius 1 is 1.45 bits per heavy atom. The molecular formula is C13H22N4O3. The van der Waals surface area contributed by atoms with Crippen LogP contribution in [0, 0.1) is 0 Å². The van der Waals surface area contributed by atoms with Crippen molar-refractivity contribution < 1.29 is 14.7 Å². The number of H-pyrrole nitrogens is 1. The van der Waals surface area contributed by atoms with E-state index < -0.39 is 18.0 Å². The lowest BCUT2D eigenvalue weighted by molar-refractivity contribution is -0.139. The van der Waals surface area contributed by atoms with E-state index in [1.165, 1.54) is 0 Å². The highest BCUT2D eigenvalue weighted by molar-refractivity contribution is 5.82. The number of carboxylic acids is 1. The Morgan fingerprint density at radius 2 is 2.25 bits per heavy atom. The summed E-state index contributed by atoms with van der Waals surface area (Å²) in [5.41, 5.74) is 0. The van der Waals surface area contributed by atoms with Crippen molar-refractivity contribution >= 4 is 12.0 Å². The molecule has 1 atom stereocenters. The van der Waals surface area contributed by atoms with Gasteiger partial charge in [-0.25, -0.2) is 14.6 Å². The normalized spacial score (nSPS) is 11.8. The van der Waals surface area contributed by atoms with Crippen molar-refractivity contribution in [2.75, 3.05) is 6.54 Å². The van der Waals surface area contributed by atoms with Crippen LogP contribution in [0.2, 0.25) is 0 Å². The fourth-order valence-corrected chi connectivity index (χ4v) is 1.77. The van der Waals surface area contributed by atoms with Crippen LogP contribution in [0.5, 0.6) is 0 Å². The molecule has 0 aromatic carbocycles. The number of rotatable bonds is 9. The van der Waals surface area contributed by atoms with E-state index in [0.29, 0.717) is 13.0 Å². The molecule has 0 aliphatic carbocycles. The number of urea groups is 1. The molecule has 0 aliphatic rings. The largest absolute Gasteiger partial charge is 0.480 e. The molecule has 0 saturated carbocycles. The van der Waals surface area contributed by atoms with Gasteiger partial charge in [-0.2, -0.15) is 0 Å². The number of nitrogens with one attached hydrogen (secondary N) is 3. The zero-order valence-corrected chi connectivity index (χ0v) is 11.7. The highest BCUT2D eigenvalue weighted by Crippen LogP contribution is 2.00. The predicted molar refractivity (Wildman–Crippen MR) is 74.4 cm³/mol. The molecule has 1 heterocycles. The quantitative estimate of drug-likeness (QED) is 0.512. The Morgan fingerprint density at radius 3 is 2.85 bits per heavy atom. The van der Waals surface area contributed by atoms with Gasteiger partial charge in [-0.3, -0.25) is 0 Å². The minimum atomic E-state index is -0.996. The number of hydrogen-bond acceptors (Lipinski definition) is 3. The molecule has 0 unspecified atom stereocenters. The second kappa shape index (κ2) is 8.95. The lowest BCUT2D eigenvalue weighted by Gasteiger charge is -2.14. The number of carbonyl (C=O) groups excluding carboxylic acids is 1. The molecule has 1 aromatic heterocycles. The second-order valence-corrected chi connectivity index (χ2v) is 4.57. The third-order valence-electron chi connectivity index (χ3n) is 2.88. The molecule has 0 radical (unpaired) electrons. The second-order valence-electron chi connectivity index (χ2n) is 4.57. The lowest BCUT2D eigenvalue weighted by atomic mass is 10.1. The van der Waals surface area contributed by atoms with Gasteiger partial charge in [0.2, 0.25) is 0 Å². The van der Waals surface area contributed by atoms with Gasteiger partial charge < -0.3 is 20.7 Å². The summed E-state index contributed by atoms with van der Waals surface area (Å²) in [5, 5.41) is 14.1. The molecule has 7 heteroatoms. The Balaban J connectivity index is 2.18. The summed E-state index contributed by atoms with van der Waals surface area (Å²) in [7, 11) is 0. The van der Waals surface area contributed by atoms with E-state index in [1.807, 2.05) is 6.92 Å². The molecule has 0 aliphatic heterocycles. The van der Waals surface area contributed by atoms with Gasteiger partial charge in [0.1, 0.15) is 11.9 Å². The number of aliphatic carboxylic acids is 1. The smallest absolute Gasteiger partial charge is 0.326 e. The van der Waals surface area contributed by atoms with Crippen LogP contribution in [-0.2, 0) is 11.2 Å². The molecule has 0 fully saturated rings. The summed E-state index contributed by atoms with van der Waals surface area (Å²) in [6.45, 7) is 2.46. The first kappa shape index (κ1) is 16.0. The molecule has 112 valence electrons. The summed E-state index contributed by atoms with van der Waals surface area (Å²) >= 11 is 0. The molecule has 0 bridgehead atoms. The number of imidazole rings is 1. The van der Waals surface area contributed by atoms with Gasteiger partial charge in [-0.15, -0.1) is 0 Å². The van der Waals surface area contributed by atoms with E-state index in [1.54, 1.807) is 12.4 Å². The summed E-state index contributed by atoms with van der Waals surface area (Å²) in [5.74, 6) is -0.122. The number of aromatic nitrogens is 2. The monoisotopic (exact) mass is 282 g/mol. The third-order valence-corrected chi connectivity index (χ3v) is 2.88. The summed E-state index contributed by atoms with van der Waals surface area (Å²) in [4.78, 5) is 29.6. The van der Waals surface area contributed by atoms with E-state index in [9.17, 15) is 9.59 Å². The van der Waals surface area contributed by atoms with Crippen molar-refractivity contribution in [3.05, 3.63) is 18.2 Å². The van der Waals surface area contributed by atoms with E-state index in [-0.39, 0.29) is 0 Å². The number of amides is 2. The van der Waals surface area contributed by atoms with E-state index in [2.05, 4.69) is 20.6 Å². The van der Waals surface area contributed by atoms with Crippen LogP contribution >= 0.6 is 0 Å². The van der Waals surface area contributed by atoms with E-state index >= 15 is 0 Å². The molecule has 1 aromatic rings. The fraction of sp³-hybridized carbons (Fsp3) is 0.615. The van der Waals surface area contributed by atoms with Crippen molar-refractivity contribution in [2.45, 2.75) is 45.1 Å². The van der Waals surface area contributed by atoms with Gasteiger partial charge in [-0.1, -0.05) is 19.8 Å². The van der Waals surface area contributed by atoms with Crippen molar-refractivity contribution in [1.29, 1.82) is 0 Å².